The number of aromatic nitrogens is 2. The highest BCUT2D eigenvalue weighted by Crippen LogP contribution is 2.43. The van der Waals surface area contributed by atoms with E-state index in [9.17, 15) is 10.0 Å². The fourth-order valence-corrected chi connectivity index (χ4v) is 10.1. The molecule has 2 aromatic heterocycles. The van der Waals surface area contributed by atoms with Crippen LogP contribution in [0.3, 0.4) is 0 Å². The highest BCUT2D eigenvalue weighted by atomic mass is 35.5. The maximum absolute atomic E-state index is 10.0. The van der Waals surface area contributed by atoms with Gasteiger partial charge >= 0.3 is 14.1 Å². The molecule has 2 atom stereocenters. The molecular weight excluding hydrogens is 775 g/mol. The minimum Gasteiger partial charge on any atom is -0.437 e. The van der Waals surface area contributed by atoms with Crippen molar-refractivity contribution in [3.05, 3.63) is 128 Å². The lowest BCUT2D eigenvalue weighted by Gasteiger charge is -2.40. The number of piperazine rings is 2. The van der Waals surface area contributed by atoms with Crippen LogP contribution in [-0.4, -0.2) is 130 Å². The molecule has 2 unspecified atom stereocenters. The Bertz CT molecular complexity index is 2150. The number of halogens is 2. The molecule has 13 heteroatoms. The van der Waals surface area contributed by atoms with Gasteiger partial charge in [-0.3, -0.25) is 24.7 Å². The number of hydrogen-bond donors (Lipinski definition) is 2. The molecule has 9 rings (SSSR count). The molecule has 4 aromatic rings. The van der Waals surface area contributed by atoms with Crippen LogP contribution in [0.5, 0.6) is 0 Å². The molecule has 5 heterocycles. The van der Waals surface area contributed by atoms with E-state index in [2.05, 4.69) is 79.8 Å². The number of benzene rings is 2. The molecule has 0 bridgehead atoms. The Labute approximate surface area is 361 Å². The van der Waals surface area contributed by atoms with Crippen molar-refractivity contribution in [3.8, 4) is 0 Å². The number of fused-ring (bicyclic) bond motifs is 4. The molecule has 2 aromatic carbocycles. The van der Waals surface area contributed by atoms with Gasteiger partial charge in [-0.15, -0.1) is 0 Å². The molecule has 3 fully saturated rings. The molecule has 308 valence electrons. The minimum atomic E-state index is -0.402. The first-order valence-corrected chi connectivity index (χ1v) is 22.4. The fraction of sp³-hybridized carbons (Fsp3) is 0.435. The van der Waals surface area contributed by atoms with E-state index in [0.717, 1.165) is 99.8 Å². The number of rotatable bonds is 7. The number of pyridine rings is 2. The Hall–Kier alpha value is -3.35. The largest absolute Gasteiger partial charge is 0.437 e. The maximum atomic E-state index is 10.0. The van der Waals surface area contributed by atoms with Crippen LogP contribution < -0.4 is 0 Å². The third kappa shape index (κ3) is 9.44. The van der Waals surface area contributed by atoms with E-state index in [4.69, 9.17) is 33.2 Å². The third-order valence-electron chi connectivity index (χ3n) is 12.9. The van der Waals surface area contributed by atoms with Crippen molar-refractivity contribution in [3.63, 3.8) is 0 Å². The summed E-state index contributed by atoms with van der Waals surface area (Å²) in [4.78, 5) is 21.5. The molecule has 0 spiro atoms. The van der Waals surface area contributed by atoms with Gasteiger partial charge in [0.05, 0.1) is 23.5 Å². The van der Waals surface area contributed by atoms with E-state index < -0.39 is 14.1 Å². The number of allylic oxidation sites excluding steroid dienone is 1. The van der Waals surface area contributed by atoms with E-state index in [1.165, 1.54) is 63.8 Å². The summed E-state index contributed by atoms with van der Waals surface area (Å²) in [6, 6.07) is 21.2. The van der Waals surface area contributed by atoms with E-state index in [1.54, 1.807) is 0 Å². The molecule has 0 amide bonds. The Balaban J connectivity index is 0.000000167. The van der Waals surface area contributed by atoms with Crippen LogP contribution in [0.2, 0.25) is 23.7 Å². The SMILES string of the molecule is CB(O)N1CCN(C2c3ccc(Cl)cc3C(CN3CCCCC3)=Cc3cccnc32)CC1.CCC1=Cc2cccnc2C(N2CCN(B(C)O)CC2)c2ccc(Cl)cc21. The molecule has 9 nitrogen and oxygen atoms in total. The van der Waals surface area contributed by atoms with E-state index in [1.807, 2.05) is 50.3 Å². The number of piperidine rings is 1. The quantitative estimate of drug-likeness (QED) is 0.182. The third-order valence-corrected chi connectivity index (χ3v) is 13.4. The average Bonchev–Trinajstić information content (AvgIpc) is 3.48. The van der Waals surface area contributed by atoms with Crippen LogP contribution in [0.15, 0.2) is 73.1 Å². The van der Waals surface area contributed by atoms with Crippen molar-refractivity contribution in [2.75, 3.05) is 72.0 Å². The van der Waals surface area contributed by atoms with Crippen molar-refractivity contribution >= 4 is 60.6 Å². The lowest BCUT2D eigenvalue weighted by atomic mass is 9.84. The summed E-state index contributed by atoms with van der Waals surface area (Å²) < 4.78 is 0. The highest BCUT2D eigenvalue weighted by molar-refractivity contribution is 6.45. The maximum Gasteiger partial charge on any atom is 0.376 e. The molecule has 0 saturated carbocycles. The molecular formula is C46H57B2Cl2N7O2. The van der Waals surface area contributed by atoms with Crippen molar-refractivity contribution in [2.24, 2.45) is 0 Å². The monoisotopic (exact) mass is 831 g/mol. The zero-order chi connectivity index (χ0) is 41.0. The minimum absolute atomic E-state index is 0.0877. The van der Waals surface area contributed by atoms with Gasteiger partial charge in [0.1, 0.15) is 0 Å². The summed E-state index contributed by atoms with van der Waals surface area (Å²) >= 11 is 12.9. The van der Waals surface area contributed by atoms with Gasteiger partial charge in [-0.05, 0) is 139 Å². The summed E-state index contributed by atoms with van der Waals surface area (Å²) in [5.41, 5.74) is 12.3. The Morgan fingerprint density at radius 2 is 1.07 bits per heavy atom. The average molecular weight is 833 g/mol. The van der Waals surface area contributed by atoms with Crippen LogP contribution in [0, 0.1) is 0 Å². The second-order valence-electron chi connectivity index (χ2n) is 16.7. The van der Waals surface area contributed by atoms with Gasteiger partial charge in [0.2, 0.25) is 0 Å². The van der Waals surface area contributed by atoms with Crippen molar-refractivity contribution < 1.29 is 10.0 Å². The molecule has 0 radical (unpaired) electrons. The van der Waals surface area contributed by atoms with Crippen LogP contribution >= 0.6 is 23.2 Å². The first-order chi connectivity index (χ1) is 28.7. The van der Waals surface area contributed by atoms with Gasteiger partial charge in [0.15, 0.2) is 0 Å². The van der Waals surface area contributed by atoms with E-state index in [-0.39, 0.29) is 12.1 Å². The number of nitrogens with zero attached hydrogens (tertiary/aromatic N) is 7. The highest BCUT2D eigenvalue weighted by Gasteiger charge is 2.35. The summed E-state index contributed by atoms with van der Waals surface area (Å²) in [6.45, 7) is 16.2. The second-order valence-corrected chi connectivity index (χ2v) is 17.5. The zero-order valence-electron chi connectivity index (χ0n) is 34.8. The standard InChI is InChI=1S/C25H32BClN4O.C21H25BClN3O/c1-26(32)31-14-12-30(13-15-31)25-22-8-7-21(27)17-23(22)20(18-29-10-3-2-4-11-29)16-19-6-5-9-28-24(19)25;1-3-15-13-16-5-4-8-24-20(16)21(18-7-6-17(23)14-19(15)18)25-9-11-26(12-10-25)22(2)27/h5-9,16-17,25,32H,2-4,10-15,18H2,1H3;4-8,13-14,21,27H,3,9-12H2,1-2H3. The zero-order valence-corrected chi connectivity index (χ0v) is 36.3. The second kappa shape index (κ2) is 19.1. The molecule has 3 saturated heterocycles. The van der Waals surface area contributed by atoms with Crippen molar-refractivity contribution in [1.82, 2.24) is 34.3 Å². The fourth-order valence-electron chi connectivity index (χ4n) is 9.74. The smallest absolute Gasteiger partial charge is 0.376 e. The Kier molecular flexibility index (Phi) is 13.7. The van der Waals surface area contributed by atoms with Crippen LogP contribution in [-0.2, 0) is 0 Å². The molecule has 2 N–H and O–H groups in total. The molecule has 3 aliphatic heterocycles. The van der Waals surface area contributed by atoms with E-state index >= 15 is 0 Å². The summed E-state index contributed by atoms with van der Waals surface area (Å²) in [5.74, 6) is 0. The number of likely N-dealkylation sites (tertiary alicyclic amines) is 1. The molecule has 2 aliphatic carbocycles. The van der Waals surface area contributed by atoms with Gasteiger partial charge < -0.3 is 19.7 Å². The Morgan fingerprint density at radius 1 is 0.610 bits per heavy atom. The van der Waals surface area contributed by atoms with Gasteiger partial charge in [0.25, 0.3) is 0 Å². The van der Waals surface area contributed by atoms with Gasteiger partial charge in [0, 0.05) is 81.3 Å². The predicted octanol–water partition coefficient (Wildman–Crippen LogP) is 7.71. The first kappa shape index (κ1) is 42.3. The van der Waals surface area contributed by atoms with Gasteiger partial charge in [-0.25, -0.2) is 0 Å². The normalized spacial score (nSPS) is 21.6. The van der Waals surface area contributed by atoms with Gasteiger partial charge in [-0.1, -0.05) is 60.8 Å². The van der Waals surface area contributed by atoms with Crippen LogP contribution in [0.25, 0.3) is 23.3 Å². The molecule has 59 heavy (non-hydrogen) atoms. The van der Waals surface area contributed by atoms with Crippen LogP contribution in [0.4, 0.5) is 0 Å². The summed E-state index contributed by atoms with van der Waals surface area (Å²) in [6.07, 6.45) is 13.3. The van der Waals surface area contributed by atoms with Gasteiger partial charge in [-0.2, -0.15) is 0 Å². The molecule has 5 aliphatic rings. The summed E-state index contributed by atoms with van der Waals surface area (Å²) in [5, 5.41) is 21.5. The summed E-state index contributed by atoms with van der Waals surface area (Å²) in [7, 11) is -0.799. The lowest BCUT2D eigenvalue weighted by Crippen LogP contribution is -2.52. The first-order valence-electron chi connectivity index (χ1n) is 21.6. The van der Waals surface area contributed by atoms with Crippen LogP contribution in [0.1, 0.15) is 89.5 Å². The van der Waals surface area contributed by atoms with Crippen molar-refractivity contribution in [1.29, 1.82) is 0 Å². The number of hydrogen-bond acceptors (Lipinski definition) is 9. The van der Waals surface area contributed by atoms with Crippen molar-refractivity contribution in [2.45, 2.75) is 58.3 Å². The van der Waals surface area contributed by atoms with E-state index in [0.29, 0.717) is 0 Å². The Morgan fingerprint density at radius 3 is 1.53 bits per heavy atom. The lowest BCUT2D eigenvalue weighted by molar-refractivity contribution is 0.144. The predicted molar refractivity (Wildman–Crippen MR) is 245 cm³/mol. The topological polar surface area (TPSA) is 82.4 Å².